The normalized spacial score (nSPS) is 14.6. The van der Waals surface area contributed by atoms with E-state index >= 15 is 0 Å². The number of rotatable bonds is 6. The zero-order valence-corrected chi connectivity index (χ0v) is 21.0. The third-order valence-corrected chi connectivity index (χ3v) is 7.03. The molecule has 0 spiro atoms. The molecule has 4 rings (SSSR count). The van der Waals surface area contributed by atoms with E-state index in [1.54, 1.807) is 48.5 Å². The zero-order chi connectivity index (χ0) is 24.2. The van der Waals surface area contributed by atoms with Crippen molar-refractivity contribution in [3.05, 3.63) is 104 Å². The predicted octanol–water partition coefficient (Wildman–Crippen LogP) is 6.43. The number of carbonyl (C=O) groups excluding carboxylic acids is 2. The summed E-state index contributed by atoms with van der Waals surface area (Å²) in [5, 5.41) is 2.19. The van der Waals surface area contributed by atoms with Crippen molar-refractivity contribution in [2.45, 2.75) is 13.5 Å². The first-order chi connectivity index (χ1) is 16.3. The summed E-state index contributed by atoms with van der Waals surface area (Å²) < 4.78 is 6.05. The minimum Gasteiger partial charge on any atom is -0.489 e. The summed E-state index contributed by atoms with van der Waals surface area (Å²) in [6, 6.07) is 19.7. The molecule has 3 aromatic rings. The second-order valence-corrected chi connectivity index (χ2v) is 9.82. The van der Waals surface area contributed by atoms with Crippen molar-refractivity contribution >= 4 is 69.4 Å². The molecule has 1 saturated heterocycles. The van der Waals surface area contributed by atoms with Crippen LogP contribution in [0.1, 0.15) is 27.0 Å². The fourth-order valence-electron chi connectivity index (χ4n) is 3.19. The molecule has 1 fully saturated rings. The first-order valence-corrected chi connectivity index (χ1v) is 12.1. The van der Waals surface area contributed by atoms with Gasteiger partial charge in [-0.05, 0) is 66.7 Å². The van der Waals surface area contributed by atoms with Crippen molar-refractivity contribution in [3.63, 3.8) is 0 Å². The SMILES string of the molecule is Cc1ccccc1C(=O)NN1C(=O)/C(=C/c2ccc(OCc3c(Cl)cccc3Cl)cc2)SC1=S. The Morgan fingerprint density at radius 2 is 1.74 bits per heavy atom. The first kappa shape index (κ1) is 24.3. The van der Waals surface area contributed by atoms with Gasteiger partial charge < -0.3 is 4.74 Å². The molecule has 0 radical (unpaired) electrons. The number of thioether (sulfide) groups is 1. The van der Waals surface area contributed by atoms with Gasteiger partial charge in [-0.3, -0.25) is 15.0 Å². The van der Waals surface area contributed by atoms with Crippen LogP contribution in [0.5, 0.6) is 5.75 Å². The molecule has 0 aliphatic carbocycles. The van der Waals surface area contributed by atoms with Gasteiger partial charge in [0.25, 0.3) is 11.8 Å². The number of halogens is 2. The molecule has 1 aliphatic heterocycles. The second kappa shape index (κ2) is 10.6. The number of nitrogens with one attached hydrogen (secondary N) is 1. The highest BCUT2D eigenvalue weighted by atomic mass is 35.5. The number of thiocarbonyl (C=S) groups is 1. The number of hydrogen-bond donors (Lipinski definition) is 1. The Hall–Kier alpha value is -2.84. The molecule has 172 valence electrons. The van der Waals surface area contributed by atoms with Crippen LogP contribution < -0.4 is 10.2 Å². The van der Waals surface area contributed by atoms with Gasteiger partial charge in [0.15, 0.2) is 4.32 Å². The average molecular weight is 529 g/mol. The molecule has 1 aliphatic rings. The van der Waals surface area contributed by atoms with E-state index in [0.29, 0.717) is 31.8 Å². The van der Waals surface area contributed by atoms with Crippen LogP contribution in [0.2, 0.25) is 10.0 Å². The molecule has 2 amide bonds. The van der Waals surface area contributed by atoms with Crippen LogP contribution in [0.15, 0.2) is 71.6 Å². The predicted molar refractivity (Wildman–Crippen MR) is 141 cm³/mol. The quantitative estimate of drug-likeness (QED) is 0.295. The smallest absolute Gasteiger partial charge is 0.285 e. The van der Waals surface area contributed by atoms with E-state index in [2.05, 4.69) is 5.43 Å². The van der Waals surface area contributed by atoms with E-state index in [0.717, 1.165) is 27.9 Å². The van der Waals surface area contributed by atoms with Gasteiger partial charge in [0.1, 0.15) is 12.4 Å². The van der Waals surface area contributed by atoms with Gasteiger partial charge in [-0.25, -0.2) is 0 Å². The number of amides is 2. The number of ether oxygens (including phenoxy) is 1. The molecule has 0 aromatic heterocycles. The van der Waals surface area contributed by atoms with Gasteiger partial charge >= 0.3 is 0 Å². The monoisotopic (exact) mass is 528 g/mol. The summed E-state index contributed by atoms with van der Waals surface area (Å²) in [6.45, 7) is 2.06. The van der Waals surface area contributed by atoms with Crippen molar-refractivity contribution in [2.24, 2.45) is 0 Å². The lowest BCUT2D eigenvalue weighted by molar-refractivity contribution is -0.123. The Morgan fingerprint density at radius 1 is 1.06 bits per heavy atom. The summed E-state index contributed by atoms with van der Waals surface area (Å²) in [6.07, 6.45) is 1.72. The molecule has 0 atom stereocenters. The van der Waals surface area contributed by atoms with Crippen molar-refractivity contribution in [1.29, 1.82) is 0 Å². The topological polar surface area (TPSA) is 58.6 Å². The van der Waals surface area contributed by atoms with Gasteiger partial charge in [0, 0.05) is 21.2 Å². The van der Waals surface area contributed by atoms with Crippen LogP contribution in [-0.4, -0.2) is 21.1 Å². The van der Waals surface area contributed by atoms with Gasteiger partial charge in [0.05, 0.1) is 4.91 Å². The van der Waals surface area contributed by atoms with Gasteiger partial charge in [0.2, 0.25) is 0 Å². The summed E-state index contributed by atoms with van der Waals surface area (Å²) in [5.41, 5.74) is 5.39. The maximum Gasteiger partial charge on any atom is 0.285 e. The lowest BCUT2D eigenvalue weighted by atomic mass is 10.1. The van der Waals surface area contributed by atoms with E-state index in [1.165, 1.54) is 0 Å². The largest absolute Gasteiger partial charge is 0.489 e. The standard InChI is InChI=1S/C25H18Cl2N2O3S2/c1-15-5-2-3-6-18(15)23(30)28-29-24(31)22(34-25(29)33)13-16-9-11-17(12-10-16)32-14-19-20(26)7-4-8-21(19)27/h2-13H,14H2,1H3,(H,28,30)/b22-13-. The number of carbonyl (C=O) groups is 2. The summed E-state index contributed by atoms with van der Waals surface area (Å²) in [5.74, 6) is -0.146. The van der Waals surface area contributed by atoms with Crippen LogP contribution in [-0.2, 0) is 11.4 Å². The second-order valence-electron chi connectivity index (χ2n) is 7.33. The van der Waals surface area contributed by atoms with Gasteiger partial charge in [-0.2, -0.15) is 5.01 Å². The van der Waals surface area contributed by atoms with Crippen molar-refractivity contribution in [3.8, 4) is 5.75 Å². The van der Waals surface area contributed by atoms with Crippen LogP contribution in [0, 0.1) is 6.92 Å². The van der Waals surface area contributed by atoms with Crippen LogP contribution in [0.4, 0.5) is 0 Å². The Morgan fingerprint density at radius 3 is 2.41 bits per heavy atom. The van der Waals surface area contributed by atoms with E-state index < -0.39 is 5.91 Å². The number of hydrogen-bond acceptors (Lipinski definition) is 5. The molecule has 3 aromatic carbocycles. The van der Waals surface area contributed by atoms with Gasteiger partial charge in [-0.15, -0.1) is 0 Å². The van der Waals surface area contributed by atoms with E-state index in [1.807, 2.05) is 31.2 Å². The minimum atomic E-state index is -0.393. The number of benzene rings is 3. The lowest BCUT2D eigenvalue weighted by Crippen LogP contribution is -2.45. The highest BCUT2D eigenvalue weighted by molar-refractivity contribution is 8.26. The lowest BCUT2D eigenvalue weighted by Gasteiger charge is -2.16. The minimum absolute atomic E-state index is 0.233. The molecular weight excluding hydrogens is 511 g/mol. The van der Waals surface area contributed by atoms with Gasteiger partial charge in [-0.1, -0.05) is 71.4 Å². The molecule has 1 N–H and O–H groups in total. The molecule has 5 nitrogen and oxygen atoms in total. The molecule has 0 saturated carbocycles. The highest BCUT2D eigenvalue weighted by Gasteiger charge is 2.34. The molecule has 9 heteroatoms. The van der Waals surface area contributed by atoms with Crippen LogP contribution in [0.25, 0.3) is 6.08 Å². The van der Waals surface area contributed by atoms with Crippen molar-refractivity contribution in [1.82, 2.24) is 10.4 Å². The molecule has 1 heterocycles. The van der Waals surface area contributed by atoms with E-state index in [-0.39, 0.29) is 16.8 Å². The van der Waals surface area contributed by atoms with Crippen molar-refractivity contribution < 1.29 is 14.3 Å². The number of nitrogens with zero attached hydrogens (tertiary/aromatic N) is 1. The number of hydrazine groups is 1. The van der Waals surface area contributed by atoms with Crippen LogP contribution >= 0.6 is 47.2 Å². The van der Waals surface area contributed by atoms with Crippen LogP contribution in [0.3, 0.4) is 0 Å². The third-order valence-electron chi connectivity index (χ3n) is 5.02. The first-order valence-electron chi connectivity index (χ1n) is 10.1. The van der Waals surface area contributed by atoms with Crippen molar-refractivity contribution in [2.75, 3.05) is 0 Å². The molecular formula is C25H18Cl2N2O3S2. The molecule has 0 bridgehead atoms. The Labute approximate surface area is 216 Å². The summed E-state index contributed by atoms with van der Waals surface area (Å²) in [4.78, 5) is 25.9. The number of aryl methyl sites for hydroxylation is 1. The molecule has 0 unspecified atom stereocenters. The zero-order valence-electron chi connectivity index (χ0n) is 17.9. The molecule has 34 heavy (non-hydrogen) atoms. The fraction of sp³-hybridized carbons (Fsp3) is 0.0800. The average Bonchev–Trinajstić information content (AvgIpc) is 3.07. The van der Waals surface area contributed by atoms with E-state index in [4.69, 9.17) is 40.2 Å². The summed E-state index contributed by atoms with van der Waals surface area (Å²) >= 11 is 18.8. The maximum absolute atomic E-state index is 12.8. The third kappa shape index (κ3) is 5.45. The summed E-state index contributed by atoms with van der Waals surface area (Å²) in [7, 11) is 0. The fourth-order valence-corrected chi connectivity index (χ4v) is 4.88. The Balaban J connectivity index is 1.42. The van der Waals surface area contributed by atoms with E-state index in [9.17, 15) is 9.59 Å². The highest BCUT2D eigenvalue weighted by Crippen LogP contribution is 2.32. The Kier molecular flexibility index (Phi) is 7.58. The maximum atomic E-state index is 12.8. The Bertz CT molecular complexity index is 1290.